The fourth-order valence-corrected chi connectivity index (χ4v) is 4.03. The summed E-state index contributed by atoms with van der Waals surface area (Å²) in [6.45, 7) is 8.01. The highest BCUT2D eigenvalue weighted by atomic mass is 14.9. The van der Waals surface area contributed by atoms with Crippen LogP contribution < -0.4 is 9.13 Å². The third kappa shape index (κ3) is 1.94. The van der Waals surface area contributed by atoms with Gasteiger partial charge in [0.15, 0.2) is 18.6 Å². The number of pyridine rings is 2. The molecule has 0 aliphatic heterocycles. The number of benzene rings is 1. The van der Waals surface area contributed by atoms with Crippen LogP contribution in [0.4, 0.5) is 0 Å². The lowest BCUT2D eigenvalue weighted by atomic mass is 9.83. The van der Waals surface area contributed by atoms with Gasteiger partial charge in [0.2, 0.25) is 5.52 Å². The molecule has 1 aromatic carbocycles. The van der Waals surface area contributed by atoms with Crippen LogP contribution in [0.25, 0.3) is 22.0 Å². The minimum absolute atomic E-state index is 0.0449. The zero-order chi connectivity index (χ0) is 16.2. The molecule has 1 aliphatic carbocycles. The van der Waals surface area contributed by atoms with Gasteiger partial charge in [0.05, 0.1) is 5.39 Å². The molecule has 0 unspecified atom stereocenters. The average Bonchev–Trinajstić information content (AvgIpc) is 2.76. The molecule has 0 spiro atoms. The van der Waals surface area contributed by atoms with E-state index in [1.165, 1.54) is 33.2 Å². The topological polar surface area (TPSA) is 7.76 Å². The third-order valence-corrected chi connectivity index (χ3v) is 5.26. The Morgan fingerprint density at radius 3 is 2.57 bits per heavy atom. The van der Waals surface area contributed by atoms with Crippen molar-refractivity contribution in [1.82, 2.24) is 0 Å². The minimum atomic E-state index is 0.0449. The van der Waals surface area contributed by atoms with Crippen LogP contribution in [0.1, 0.15) is 38.3 Å². The molecule has 4 rings (SSSR count). The number of para-hydroxylation sites is 1. The van der Waals surface area contributed by atoms with E-state index < -0.39 is 0 Å². The number of hydrogen-bond donors (Lipinski definition) is 0. The van der Waals surface area contributed by atoms with E-state index in [2.05, 4.69) is 85.9 Å². The van der Waals surface area contributed by atoms with Crippen molar-refractivity contribution in [3.63, 3.8) is 0 Å². The first kappa shape index (κ1) is 14.4. The summed E-state index contributed by atoms with van der Waals surface area (Å²) in [7, 11) is 2.15. The van der Waals surface area contributed by atoms with E-state index in [9.17, 15) is 0 Å². The van der Waals surface area contributed by atoms with Crippen molar-refractivity contribution in [2.24, 2.45) is 7.05 Å². The van der Waals surface area contributed by atoms with E-state index >= 15 is 0 Å². The normalized spacial score (nSPS) is 14.8. The molecule has 0 bridgehead atoms. The summed E-state index contributed by atoms with van der Waals surface area (Å²) in [6.07, 6.45) is 8.07. The van der Waals surface area contributed by atoms with Crippen LogP contribution in [-0.2, 0) is 19.0 Å². The first-order valence-corrected chi connectivity index (χ1v) is 8.50. The van der Waals surface area contributed by atoms with Crippen LogP contribution in [0.5, 0.6) is 0 Å². The maximum atomic E-state index is 2.35. The highest BCUT2D eigenvalue weighted by Crippen LogP contribution is 2.49. The van der Waals surface area contributed by atoms with E-state index in [1.54, 1.807) is 0 Å². The highest BCUT2D eigenvalue weighted by molar-refractivity contribution is 5.98. The van der Waals surface area contributed by atoms with Crippen LogP contribution in [-0.4, -0.2) is 0 Å². The van der Waals surface area contributed by atoms with Gasteiger partial charge in [-0.2, -0.15) is 0 Å². The minimum Gasteiger partial charge on any atom is -0.205 e. The Kier molecular flexibility index (Phi) is 3.06. The Morgan fingerprint density at radius 1 is 1.00 bits per heavy atom. The summed E-state index contributed by atoms with van der Waals surface area (Å²) in [5.41, 5.74) is 7.03. The van der Waals surface area contributed by atoms with Crippen molar-refractivity contribution in [2.75, 3.05) is 0 Å². The third-order valence-electron chi connectivity index (χ3n) is 5.26. The summed E-state index contributed by atoms with van der Waals surface area (Å²) >= 11 is 0. The van der Waals surface area contributed by atoms with Gasteiger partial charge in [0, 0.05) is 40.7 Å². The number of nitrogens with zero attached hydrogens (tertiary/aromatic N) is 2. The van der Waals surface area contributed by atoms with E-state index in [0.717, 1.165) is 13.0 Å². The first-order chi connectivity index (χ1) is 11.0. The van der Waals surface area contributed by atoms with Crippen molar-refractivity contribution in [3.05, 3.63) is 60.0 Å². The molecule has 2 heterocycles. The largest absolute Gasteiger partial charge is 0.212 e. The van der Waals surface area contributed by atoms with Gasteiger partial charge in [-0.3, -0.25) is 0 Å². The number of fused-ring (bicyclic) bond motifs is 5. The molecule has 23 heavy (non-hydrogen) atoms. The van der Waals surface area contributed by atoms with E-state index in [-0.39, 0.29) is 5.41 Å². The Hall–Kier alpha value is -2.22. The summed E-state index contributed by atoms with van der Waals surface area (Å²) in [4.78, 5) is 0. The van der Waals surface area contributed by atoms with Gasteiger partial charge in [-0.25, -0.2) is 9.13 Å². The zero-order valence-corrected chi connectivity index (χ0v) is 14.4. The van der Waals surface area contributed by atoms with Crippen LogP contribution in [0, 0.1) is 0 Å². The van der Waals surface area contributed by atoms with Crippen LogP contribution in [0.2, 0.25) is 0 Å². The van der Waals surface area contributed by atoms with Gasteiger partial charge in [-0.1, -0.05) is 32.9 Å². The lowest BCUT2D eigenvalue weighted by molar-refractivity contribution is -0.697. The monoisotopic (exact) mass is 304 g/mol. The van der Waals surface area contributed by atoms with Crippen molar-refractivity contribution in [2.45, 2.75) is 39.2 Å². The Labute approximate surface area is 138 Å². The molecule has 2 heteroatoms. The molecule has 0 amide bonds. The molecule has 2 nitrogen and oxygen atoms in total. The van der Waals surface area contributed by atoms with Crippen molar-refractivity contribution >= 4 is 10.9 Å². The fraction of sp³-hybridized carbons (Fsp3) is 0.333. The fourth-order valence-electron chi connectivity index (χ4n) is 4.03. The van der Waals surface area contributed by atoms with Crippen molar-refractivity contribution in [3.8, 4) is 11.1 Å². The van der Waals surface area contributed by atoms with Crippen LogP contribution >= 0.6 is 0 Å². The van der Waals surface area contributed by atoms with Crippen LogP contribution in [0.3, 0.4) is 0 Å². The SMILES string of the molecule is CCC[n+]1ccc2c(c1)C(C)(C)c1c[n+](C)c3ccccc3c1-2. The summed E-state index contributed by atoms with van der Waals surface area (Å²) in [5, 5.41) is 1.35. The smallest absolute Gasteiger partial charge is 0.205 e. The molecular formula is C21H24N2+2. The molecule has 0 saturated heterocycles. The second-order valence-electron chi connectivity index (χ2n) is 7.18. The molecule has 0 saturated carbocycles. The molecule has 3 aromatic rings. The molecule has 0 fully saturated rings. The van der Waals surface area contributed by atoms with Gasteiger partial charge >= 0.3 is 0 Å². The standard InChI is InChI=1S/C21H24N2/c1-5-11-23-12-10-15-17(14-23)21(2,3)18-13-22(4)19-9-7-6-8-16(19)20(15)18/h6-10,12-14H,5,11H2,1-4H3/q+2. The maximum Gasteiger partial charge on any atom is 0.212 e. The summed E-state index contributed by atoms with van der Waals surface area (Å²) in [6, 6.07) is 11.0. The average molecular weight is 304 g/mol. The molecule has 0 radical (unpaired) electrons. The van der Waals surface area contributed by atoms with Crippen LogP contribution in [0.15, 0.2) is 48.9 Å². The lowest BCUT2D eigenvalue weighted by Crippen LogP contribution is -2.35. The molecule has 0 atom stereocenters. The predicted octanol–water partition coefficient (Wildman–Crippen LogP) is 3.67. The van der Waals surface area contributed by atoms with Gasteiger partial charge < -0.3 is 0 Å². The second-order valence-corrected chi connectivity index (χ2v) is 7.18. The second kappa shape index (κ2) is 4.89. The Morgan fingerprint density at radius 2 is 1.78 bits per heavy atom. The van der Waals surface area contributed by atoms with E-state index in [0.29, 0.717) is 0 Å². The molecule has 2 aromatic heterocycles. The molecular weight excluding hydrogens is 280 g/mol. The van der Waals surface area contributed by atoms with Crippen molar-refractivity contribution in [1.29, 1.82) is 0 Å². The van der Waals surface area contributed by atoms with Crippen molar-refractivity contribution < 1.29 is 9.13 Å². The summed E-state index contributed by atoms with van der Waals surface area (Å²) in [5.74, 6) is 0. The Bertz CT molecular complexity index is 923. The van der Waals surface area contributed by atoms with E-state index in [1.807, 2.05) is 0 Å². The number of rotatable bonds is 2. The molecule has 1 aliphatic rings. The van der Waals surface area contributed by atoms with Gasteiger partial charge in [-0.15, -0.1) is 0 Å². The molecule has 0 N–H and O–H groups in total. The predicted molar refractivity (Wildman–Crippen MR) is 93.2 cm³/mol. The number of aryl methyl sites for hydroxylation is 2. The van der Waals surface area contributed by atoms with E-state index in [4.69, 9.17) is 0 Å². The number of hydrogen-bond acceptors (Lipinski definition) is 0. The van der Waals surface area contributed by atoms with Gasteiger partial charge in [-0.05, 0) is 11.6 Å². The van der Waals surface area contributed by atoms with Gasteiger partial charge in [0.1, 0.15) is 13.6 Å². The maximum absolute atomic E-state index is 2.35. The number of aromatic nitrogens is 2. The summed E-state index contributed by atoms with van der Waals surface area (Å²) < 4.78 is 4.59. The first-order valence-electron chi connectivity index (χ1n) is 8.50. The lowest BCUT2D eigenvalue weighted by Gasteiger charge is -2.18. The van der Waals surface area contributed by atoms with Gasteiger partial charge in [0.25, 0.3) is 0 Å². The zero-order valence-electron chi connectivity index (χ0n) is 14.4. The Balaban J connectivity index is 2.08. The molecule has 116 valence electrons. The highest BCUT2D eigenvalue weighted by Gasteiger charge is 2.41. The quantitative estimate of drug-likeness (QED) is 0.638.